The molecule has 0 aliphatic heterocycles. The molecule has 10 nitrogen and oxygen atoms in total. The van der Waals surface area contributed by atoms with Crippen molar-refractivity contribution in [3.05, 3.63) is 104 Å². The van der Waals surface area contributed by atoms with Crippen LogP contribution >= 0.6 is 0 Å². The van der Waals surface area contributed by atoms with Crippen LogP contribution in [0.4, 0.5) is 22.7 Å². The molecule has 31 heavy (non-hydrogen) atoms. The Bertz CT molecular complexity index is 1150. The molecule has 3 aromatic carbocycles. The Morgan fingerprint density at radius 2 is 1.42 bits per heavy atom. The molecule has 10 heteroatoms. The third kappa shape index (κ3) is 4.88. The minimum atomic E-state index is -0.817. The fourth-order valence-electron chi connectivity index (χ4n) is 2.83. The van der Waals surface area contributed by atoms with E-state index in [1.807, 2.05) is 6.07 Å². The van der Waals surface area contributed by atoms with Crippen molar-refractivity contribution in [2.24, 2.45) is 0 Å². The van der Waals surface area contributed by atoms with Crippen molar-refractivity contribution in [1.29, 1.82) is 0 Å². The van der Waals surface area contributed by atoms with Crippen LogP contribution in [-0.4, -0.2) is 28.7 Å². The SMILES string of the molecule is CN(C(=O)c1cccc(NC(=O)c2cc([N+](=O)[O-])cc([N+](=O)[O-])c2)c1)c1ccccc1. The summed E-state index contributed by atoms with van der Waals surface area (Å²) in [7, 11) is 1.62. The van der Waals surface area contributed by atoms with Gasteiger partial charge in [-0.1, -0.05) is 24.3 Å². The number of amides is 2. The van der Waals surface area contributed by atoms with Crippen molar-refractivity contribution in [3.63, 3.8) is 0 Å². The lowest BCUT2D eigenvalue weighted by molar-refractivity contribution is -0.394. The van der Waals surface area contributed by atoms with Crippen LogP contribution in [-0.2, 0) is 0 Å². The molecule has 156 valence electrons. The predicted octanol–water partition coefficient (Wildman–Crippen LogP) is 4.03. The maximum Gasteiger partial charge on any atom is 0.277 e. The first kappa shape index (κ1) is 21.1. The topological polar surface area (TPSA) is 136 Å². The second kappa shape index (κ2) is 8.82. The minimum absolute atomic E-state index is 0.251. The Hall–Kier alpha value is -4.60. The molecule has 0 saturated carbocycles. The van der Waals surface area contributed by atoms with E-state index >= 15 is 0 Å². The summed E-state index contributed by atoms with van der Waals surface area (Å²) in [5.74, 6) is -1.10. The van der Waals surface area contributed by atoms with E-state index in [1.165, 1.54) is 17.0 Å². The average molecular weight is 420 g/mol. The van der Waals surface area contributed by atoms with E-state index in [2.05, 4.69) is 5.32 Å². The first-order valence-electron chi connectivity index (χ1n) is 8.94. The zero-order chi connectivity index (χ0) is 22.5. The lowest BCUT2D eigenvalue weighted by Gasteiger charge is -2.17. The van der Waals surface area contributed by atoms with E-state index in [1.54, 1.807) is 43.4 Å². The Morgan fingerprint density at radius 1 is 0.806 bits per heavy atom. The fourth-order valence-corrected chi connectivity index (χ4v) is 2.83. The fraction of sp³-hybridized carbons (Fsp3) is 0.0476. The molecule has 3 aromatic rings. The van der Waals surface area contributed by atoms with Crippen LogP contribution in [0, 0.1) is 20.2 Å². The summed E-state index contributed by atoms with van der Waals surface area (Å²) < 4.78 is 0. The molecule has 0 saturated heterocycles. The highest BCUT2D eigenvalue weighted by Crippen LogP contribution is 2.24. The summed E-state index contributed by atoms with van der Waals surface area (Å²) >= 11 is 0. The highest BCUT2D eigenvalue weighted by Gasteiger charge is 2.20. The minimum Gasteiger partial charge on any atom is -0.322 e. The smallest absolute Gasteiger partial charge is 0.277 e. The molecule has 2 amide bonds. The van der Waals surface area contributed by atoms with Gasteiger partial charge in [0.25, 0.3) is 23.2 Å². The van der Waals surface area contributed by atoms with Crippen LogP contribution in [0.5, 0.6) is 0 Å². The number of nitrogens with zero attached hydrogens (tertiary/aromatic N) is 3. The molecule has 1 N–H and O–H groups in total. The highest BCUT2D eigenvalue weighted by molar-refractivity contribution is 6.08. The van der Waals surface area contributed by atoms with Gasteiger partial charge in [0.05, 0.1) is 21.5 Å². The van der Waals surface area contributed by atoms with Crippen LogP contribution in [0.1, 0.15) is 20.7 Å². The van der Waals surface area contributed by atoms with Crippen LogP contribution < -0.4 is 10.2 Å². The van der Waals surface area contributed by atoms with E-state index < -0.39 is 27.1 Å². The van der Waals surface area contributed by atoms with E-state index in [0.29, 0.717) is 11.3 Å². The van der Waals surface area contributed by atoms with E-state index in [0.717, 1.165) is 18.2 Å². The number of carbonyl (C=O) groups excluding carboxylic acids is 2. The zero-order valence-electron chi connectivity index (χ0n) is 16.2. The Kier molecular flexibility index (Phi) is 6.01. The van der Waals surface area contributed by atoms with Crippen LogP contribution in [0.25, 0.3) is 0 Å². The second-order valence-electron chi connectivity index (χ2n) is 6.49. The number of benzene rings is 3. The summed E-state index contributed by atoms with van der Waals surface area (Å²) in [6, 6.07) is 17.8. The van der Waals surface area contributed by atoms with Gasteiger partial charge in [0.2, 0.25) is 0 Å². The van der Waals surface area contributed by atoms with Crippen LogP contribution in [0.15, 0.2) is 72.8 Å². The van der Waals surface area contributed by atoms with Gasteiger partial charge in [-0.3, -0.25) is 29.8 Å². The molecule has 0 spiro atoms. The molecule has 3 rings (SSSR count). The Labute approximate surface area is 176 Å². The largest absolute Gasteiger partial charge is 0.322 e. The van der Waals surface area contributed by atoms with E-state index in [9.17, 15) is 29.8 Å². The number of nitro benzene ring substituents is 2. The maximum absolute atomic E-state index is 12.8. The first-order valence-corrected chi connectivity index (χ1v) is 8.94. The number of nitro groups is 2. The molecule has 0 heterocycles. The average Bonchev–Trinajstić information content (AvgIpc) is 2.78. The number of hydrogen-bond acceptors (Lipinski definition) is 6. The lowest BCUT2D eigenvalue weighted by atomic mass is 10.1. The molecule has 0 radical (unpaired) electrons. The molecular weight excluding hydrogens is 404 g/mol. The molecule has 0 unspecified atom stereocenters. The van der Waals surface area contributed by atoms with E-state index in [-0.39, 0.29) is 17.2 Å². The van der Waals surface area contributed by atoms with Crippen molar-refractivity contribution in [3.8, 4) is 0 Å². The maximum atomic E-state index is 12.8. The number of para-hydroxylation sites is 1. The summed E-state index contributed by atoms with van der Waals surface area (Å²) in [5.41, 5.74) is -0.161. The molecule has 0 bridgehead atoms. The van der Waals surface area contributed by atoms with Gasteiger partial charge in [-0.2, -0.15) is 0 Å². The van der Waals surface area contributed by atoms with Gasteiger partial charge in [-0.15, -0.1) is 0 Å². The summed E-state index contributed by atoms with van der Waals surface area (Å²) in [5, 5.41) is 24.5. The van der Waals surface area contributed by atoms with Crippen molar-refractivity contribution in [2.45, 2.75) is 0 Å². The summed E-state index contributed by atoms with van der Waals surface area (Å²) in [6.45, 7) is 0. The van der Waals surface area contributed by atoms with Crippen molar-refractivity contribution < 1.29 is 19.4 Å². The standard InChI is InChI=1S/C21H16N4O6/c1-23(17-8-3-2-4-9-17)21(27)14-6-5-7-16(10-14)22-20(26)15-11-18(24(28)29)13-19(12-15)25(30)31/h2-13H,1H3,(H,22,26). The molecule has 0 atom stereocenters. The van der Waals surface area contributed by atoms with Crippen LogP contribution in [0.3, 0.4) is 0 Å². The normalized spacial score (nSPS) is 10.2. The predicted molar refractivity (Wildman–Crippen MR) is 113 cm³/mol. The van der Waals surface area contributed by atoms with Crippen LogP contribution in [0.2, 0.25) is 0 Å². The van der Waals surface area contributed by atoms with Gasteiger partial charge < -0.3 is 10.2 Å². The number of rotatable bonds is 6. The number of non-ortho nitro benzene ring substituents is 2. The molecule has 0 fully saturated rings. The van der Waals surface area contributed by atoms with Crippen molar-refractivity contribution in [2.75, 3.05) is 17.3 Å². The molecule has 0 aromatic heterocycles. The second-order valence-corrected chi connectivity index (χ2v) is 6.49. The zero-order valence-corrected chi connectivity index (χ0v) is 16.2. The molecular formula is C21H16N4O6. The van der Waals surface area contributed by atoms with Gasteiger partial charge in [-0.05, 0) is 30.3 Å². The third-order valence-corrected chi connectivity index (χ3v) is 4.40. The van der Waals surface area contributed by atoms with Gasteiger partial charge in [0.15, 0.2) is 0 Å². The lowest BCUT2D eigenvalue weighted by Crippen LogP contribution is -2.26. The molecule has 0 aliphatic rings. The quantitative estimate of drug-likeness (QED) is 0.472. The number of hydrogen-bond donors (Lipinski definition) is 1. The first-order chi connectivity index (χ1) is 14.8. The third-order valence-electron chi connectivity index (χ3n) is 4.40. The van der Waals surface area contributed by atoms with E-state index in [4.69, 9.17) is 0 Å². The van der Waals surface area contributed by atoms with Crippen molar-refractivity contribution in [1.82, 2.24) is 0 Å². The number of nitrogens with one attached hydrogen (secondary N) is 1. The van der Waals surface area contributed by atoms with Gasteiger partial charge in [0, 0.05) is 36.1 Å². The van der Waals surface area contributed by atoms with Gasteiger partial charge in [-0.25, -0.2) is 0 Å². The van der Waals surface area contributed by atoms with Crippen molar-refractivity contribution >= 4 is 34.6 Å². The number of carbonyl (C=O) groups is 2. The highest BCUT2D eigenvalue weighted by atomic mass is 16.6. The monoisotopic (exact) mass is 420 g/mol. The number of anilines is 2. The Morgan fingerprint density at radius 3 is 2.00 bits per heavy atom. The Balaban J connectivity index is 1.84. The summed E-state index contributed by atoms with van der Waals surface area (Å²) in [6.07, 6.45) is 0. The summed E-state index contributed by atoms with van der Waals surface area (Å²) in [4.78, 5) is 47.2. The molecule has 0 aliphatic carbocycles. The van der Waals surface area contributed by atoms with Gasteiger partial charge in [0.1, 0.15) is 0 Å². The van der Waals surface area contributed by atoms with Gasteiger partial charge >= 0.3 is 0 Å².